The molecule has 0 saturated carbocycles. The average Bonchev–Trinajstić information content (AvgIpc) is 2.88. The number of nitrogens with two attached hydrogens (primary N) is 1. The number of nitrogens with zero attached hydrogens (tertiary/aromatic N) is 1. The first-order valence-corrected chi connectivity index (χ1v) is 7.37. The molecule has 3 N–H and O–H groups in total. The Morgan fingerprint density at radius 3 is 2.65 bits per heavy atom. The van der Waals surface area contributed by atoms with E-state index in [1.54, 1.807) is 11.4 Å². The van der Waals surface area contributed by atoms with Gasteiger partial charge in [-0.15, -0.1) is 23.7 Å². The van der Waals surface area contributed by atoms with Crippen molar-refractivity contribution in [3.8, 4) is 0 Å². The van der Waals surface area contributed by atoms with Gasteiger partial charge in [-0.2, -0.15) is 13.2 Å². The molecule has 9 heteroatoms. The minimum Gasteiger partial charge on any atom is -0.330 e. The highest BCUT2D eigenvalue weighted by Gasteiger charge is 2.29. The lowest BCUT2D eigenvalue weighted by Gasteiger charge is -2.12. The first-order valence-electron chi connectivity index (χ1n) is 6.49. The van der Waals surface area contributed by atoms with Crippen LogP contribution in [0.1, 0.15) is 21.1 Å². The van der Waals surface area contributed by atoms with Crippen molar-refractivity contribution in [2.24, 2.45) is 5.73 Å². The van der Waals surface area contributed by atoms with Crippen molar-refractivity contribution in [3.63, 3.8) is 0 Å². The second-order valence-electron chi connectivity index (χ2n) is 4.57. The predicted molar refractivity (Wildman–Crippen MR) is 86.3 cm³/mol. The number of benzene rings is 1. The Labute approximate surface area is 141 Å². The third kappa shape index (κ3) is 5.81. The summed E-state index contributed by atoms with van der Waals surface area (Å²) in [6.45, 7) is 0.420. The summed E-state index contributed by atoms with van der Waals surface area (Å²) in [5.41, 5.74) is 5.74. The fourth-order valence-electron chi connectivity index (χ4n) is 1.85. The summed E-state index contributed by atoms with van der Waals surface area (Å²) in [7, 11) is 0. The summed E-state index contributed by atoms with van der Waals surface area (Å²) < 4.78 is 37.6. The summed E-state index contributed by atoms with van der Waals surface area (Å²) >= 11 is 1.30. The molecule has 0 bridgehead atoms. The van der Waals surface area contributed by atoms with E-state index in [1.165, 1.54) is 29.5 Å². The second kappa shape index (κ2) is 8.28. The highest BCUT2D eigenvalue weighted by atomic mass is 35.5. The van der Waals surface area contributed by atoms with Crippen LogP contribution < -0.4 is 11.1 Å². The van der Waals surface area contributed by atoms with Gasteiger partial charge in [0.25, 0.3) is 5.91 Å². The standard InChI is InChI=1S/C14H14F3N3OS.ClH/c15-14(16,17)7-9-3-1-2-4-10(9)20-13(21)11-8-22-12(19-11)5-6-18;/h1-4,8H,5-7,18H2,(H,20,21);1H. The van der Waals surface area contributed by atoms with Crippen LogP contribution in [0.5, 0.6) is 0 Å². The van der Waals surface area contributed by atoms with E-state index in [1.807, 2.05) is 0 Å². The quantitative estimate of drug-likeness (QED) is 0.853. The van der Waals surface area contributed by atoms with Gasteiger partial charge in [-0.25, -0.2) is 4.98 Å². The van der Waals surface area contributed by atoms with Gasteiger partial charge in [0.15, 0.2) is 0 Å². The maximum atomic E-state index is 12.5. The number of hydrogen-bond acceptors (Lipinski definition) is 4. The van der Waals surface area contributed by atoms with E-state index in [0.29, 0.717) is 13.0 Å². The van der Waals surface area contributed by atoms with E-state index in [4.69, 9.17) is 5.73 Å². The van der Waals surface area contributed by atoms with E-state index in [0.717, 1.165) is 5.01 Å². The number of carbonyl (C=O) groups excluding carboxylic acids is 1. The van der Waals surface area contributed by atoms with E-state index in [-0.39, 0.29) is 29.4 Å². The number of rotatable bonds is 5. The van der Waals surface area contributed by atoms with Gasteiger partial charge in [-0.05, 0) is 18.2 Å². The fraction of sp³-hybridized carbons (Fsp3) is 0.286. The lowest BCUT2D eigenvalue weighted by molar-refractivity contribution is -0.127. The van der Waals surface area contributed by atoms with Crippen molar-refractivity contribution in [1.82, 2.24) is 4.98 Å². The van der Waals surface area contributed by atoms with Gasteiger partial charge in [0.1, 0.15) is 5.69 Å². The molecule has 0 unspecified atom stereocenters. The maximum Gasteiger partial charge on any atom is 0.393 e. The number of para-hydroxylation sites is 1. The maximum absolute atomic E-state index is 12.5. The highest BCUT2D eigenvalue weighted by molar-refractivity contribution is 7.09. The van der Waals surface area contributed by atoms with Crippen LogP contribution in [-0.4, -0.2) is 23.6 Å². The van der Waals surface area contributed by atoms with Crippen molar-refractivity contribution in [2.45, 2.75) is 19.0 Å². The lowest BCUT2D eigenvalue weighted by atomic mass is 10.1. The summed E-state index contributed by atoms with van der Waals surface area (Å²) in [5.74, 6) is -0.533. The van der Waals surface area contributed by atoms with E-state index < -0.39 is 18.5 Å². The zero-order chi connectivity index (χ0) is 16.2. The van der Waals surface area contributed by atoms with E-state index in [9.17, 15) is 18.0 Å². The van der Waals surface area contributed by atoms with Crippen molar-refractivity contribution in [2.75, 3.05) is 11.9 Å². The Kier molecular flexibility index (Phi) is 6.99. The Balaban J connectivity index is 0.00000264. The van der Waals surface area contributed by atoms with Gasteiger partial charge in [-0.1, -0.05) is 18.2 Å². The molecular weight excluding hydrogens is 351 g/mol. The van der Waals surface area contributed by atoms with Crippen LogP contribution in [0.25, 0.3) is 0 Å². The van der Waals surface area contributed by atoms with Crippen LogP contribution in [0.15, 0.2) is 29.6 Å². The molecule has 0 aliphatic rings. The summed E-state index contributed by atoms with van der Waals surface area (Å²) in [6.07, 6.45) is -4.88. The van der Waals surface area contributed by atoms with Crippen molar-refractivity contribution in [3.05, 3.63) is 45.9 Å². The van der Waals surface area contributed by atoms with Gasteiger partial charge < -0.3 is 11.1 Å². The number of carbonyl (C=O) groups is 1. The number of anilines is 1. The molecule has 0 radical (unpaired) electrons. The third-order valence-corrected chi connectivity index (χ3v) is 3.71. The van der Waals surface area contributed by atoms with Crippen LogP contribution >= 0.6 is 23.7 Å². The Bertz CT molecular complexity index is 661. The first kappa shape index (κ1) is 19.4. The van der Waals surface area contributed by atoms with Gasteiger partial charge >= 0.3 is 6.18 Å². The van der Waals surface area contributed by atoms with Crippen LogP contribution in [0.4, 0.5) is 18.9 Å². The zero-order valence-corrected chi connectivity index (χ0v) is 13.5. The highest BCUT2D eigenvalue weighted by Crippen LogP contribution is 2.26. The molecule has 0 saturated heterocycles. The summed E-state index contributed by atoms with van der Waals surface area (Å²) in [4.78, 5) is 16.2. The molecule has 0 spiro atoms. The molecule has 23 heavy (non-hydrogen) atoms. The third-order valence-electron chi connectivity index (χ3n) is 2.80. The van der Waals surface area contributed by atoms with Crippen LogP contribution in [0.2, 0.25) is 0 Å². The smallest absolute Gasteiger partial charge is 0.330 e. The number of aromatic nitrogens is 1. The lowest BCUT2D eigenvalue weighted by Crippen LogP contribution is -2.17. The molecule has 0 aliphatic carbocycles. The number of thiazole rings is 1. The van der Waals surface area contributed by atoms with Crippen molar-refractivity contribution >= 4 is 35.3 Å². The fourth-order valence-corrected chi connectivity index (χ4v) is 2.65. The van der Waals surface area contributed by atoms with Gasteiger partial charge in [-0.3, -0.25) is 4.79 Å². The molecule has 0 aliphatic heterocycles. The molecule has 1 amide bonds. The topological polar surface area (TPSA) is 68.0 Å². The number of halogens is 4. The first-order chi connectivity index (χ1) is 10.4. The van der Waals surface area contributed by atoms with E-state index >= 15 is 0 Å². The largest absolute Gasteiger partial charge is 0.393 e. The Morgan fingerprint density at radius 2 is 2.00 bits per heavy atom. The van der Waals surface area contributed by atoms with Crippen LogP contribution in [0, 0.1) is 0 Å². The van der Waals surface area contributed by atoms with Crippen LogP contribution in [-0.2, 0) is 12.8 Å². The van der Waals surface area contributed by atoms with Gasteiger partial charge in [0.05, 0.1) is 11.4 Å². The summed E-state index contributed by atoms with van der Waals surface area (Å²) in [6, 6.07) is 5.84. The molecular formula is C14H15ClF3N3OS. The monoisotopic (exact) mass is 365 g/mol. The zero-order valence-electron chi connectivity index (χ0n) is 11.9. The Hall–Kier alpha value is -1.64. The predicted octanol–water partition coefficient (Wildman–Crippen LogP) is 3.42. The second-order valence-corrected chi connectivity index (χ2v) is 5.51. The molecule has 1 aromatic carbocycles. The van der Waals surface area contributed by atoms with Crippen molar-refractivity contribution in [1.29, 1.82) is 0 Å². The van der Waals surface area contributed by atoms with Gasteiger partial charge in [0.2, 0.25) is 0 Å². The number of alkyl halides is 3. The molecule has 2 rings (SSSR count). The Morgan fingerprint density at radius 1 is 1.30 bits per heavy atom. The summed E-state index contributed by atoms with van der Waals surface area (Å²) in [5, 5.41) is 4.76. The normalized spacial score (nSPS) is 11.0. The average molecular weight is 366 g/mol. The number of hydrogen-bond donors (Lipinski definition) is 2. The molecule has 126 valence electrons. The molecule has 4 nitrogen and oxygen atoms in total. The van der Waals surface area contributed by atoms with E-state index in [2.05, 4.69) is 10.3 Å². The minimum atomic E-state index is -4.34. The number of amides is 1. The molecule has 1 heterocycles. The van der Waals surface area contributed by atoms with Crippen molar-refractivity contribution < 1.29 is 18.0 Å². The molecule has 0 atom stereocenters. The molecule has 2 aromatic rings. The SMILES string of the molecule is Cl.NCCc1nc(C(=O)Nc2ccccc2CC(F)(F)F)cs1. The van der Waals surface area contributed by atoms with Gasteiger partial charge in [0, 0.05) is 17.5 Å². The minimum absolute atomic E-state index is 0. The van der Waals surface area contributed by atoms with Crippen LogP contribution in [0.3, 0.4) is 0 Å². The number of nitrogens with one attached hydrogen (secondary N) is 1. The molecule has 0 fully saturated rings. The molecule has 1 aromatic heterocycles.